The summed E-state index contributed by atoms with van der Waals surface area (Å²) < 4.78 is 2.67. The second-order valence-electron chi connectivity index (χ2n) is 7.38. The van der Waals surface area contributed by atoms with Gasteiger partial charge in [0.15, 0.2) is 0 Å². The van der Waals surface area contributed by atoms with E-state index in [1.807, 2.05) is 6.07 Å². The van der Waals surface area contributed by atoms with E-state index in [0.29, 0.717) is 16.7 Å². The molecule has 0 bridgehead atoms. The van der Waals surface area contributed by atoms with Gasteiger partial charge in [-0.15, -0.1) is 5.10 Å². The lowest BCUT2D eigenvalue weighted by atomic mass is 9.92. The van der Waals surface area contributed by atoms with Crippen molar-refractivity contribution in [1.29, 1.82) is 0 Å². The summed E-state index contributed by atoms with van der Waals surface area (Å²) >= 11 is 0. The van der Waals surface area contributed by atoms with E-state index in [2.05, 4.69) is 25.6 Å². The van der Waals surface area contributed by atoms with Crippen molar-refractivity contribution in [2.45, 2.75) is 37.8 Å². The first-order chi connectivity index (χ1) is 14.6. The van der Waals surface area contributed by atoms with Gasteiger partial charge in [0.2, 0.25) is 0 Å². The van der Waals surface area contributed by atoms with E-state index in [0.717, 1.165) is 30.4 Å². The van der Waals surface area contributed by atoms with Crippen LogP contribution in [0.4, 0.5) is 5.69 Å². The summed E-state index contributed by atoms with van der Waals surface area (Å²) in [6.45, 7) is 0. The molecule has 0 saturated heterocycles. The summed E-state index contributed by atoms with van der Waals surface area (Å²) in [5, 5.41) is 29.9. The molecule has 0 spiro atoms. The third-order valence-corrected chi connectivity index (χ3v) is 5.40. The van der Waals surface area contributed by atoms with E-state index in [4.69, 9.17) is 4.84 Å². The second-order valence-corrected chi connectivity index (χ2v) is 7.38. The Labute approximate surface area is 171 Å². The predicted molar refractivity (Wildman–Crippen MR) is 104 cm³/mol. The van der Waals surface area contributed by atoms with Gasteiger partial charge in [-0.3, -0.25) is 0 Å². The molecule has 1 aliphatic heterocycles. The van der Waals surface area contributed by atoms with E-state index >= 15 is 0 Å². The lowest BCUT2D eigenvalue weighted by Gasteiger charge is -2.26. The number of nitrogens with zero attached hydrogens (tertiary/aromatic N) is 8. The van der Waals surface area contributed by atoms with Crippen molar-refractivity contribution in [3.63, 3.8) is 0 Å². The summed E-state index contributed by atoms with van der Waals surface area (Å²) in [6, 6.07) is 8.06. The van der Waals surface area contributed by atoms with E-state index in [9.17, 15) is 9.90 Å². The van der Waals surface area contributed by atoms with Crippen molar-refractivity contribution < 1.29 is 14.7 Å². The van der Waals surface area contributed by atoms with Crippen molar-refractivity contribution in [3.8, 4) is 0 Å². The number of aromatic nitrogens is 4. The van der Waals surface area contributed by atoms with Gasteiger partial charge in [-0.25, -0.2) is 14.5 Å². The first kappa shape index (κ1) is 18.3. The topological polar surface area (TPSA) is 125 Å². The van der Waals surface area contributed by atoms with Gasteiger partial charge in [0, 0.05) is 13.2 Å². The maximum Gasteiger partial charge on any atom is 0.381 e. The van der Waals surface area contributed by atoms with Crippen LogP contribution in [0.5, 0.6) is 0 Å². The Kier molecular flexibility index (Phi) is 4.42. The molecule has 154 valence electrons. The highest BCUT2D eigenvalue weighted by molar-refractivity contribution is 5.90. The molecule has 1 fully saturated rings. The molecule has 2 unspecified atom stereocenters. The van der Waals surface area contributed by atoms with Gasteiger partial charge >= 0.3 is 5.97 Å². The molecule has 11 nitrogen and oxygen atoms in total. The van der Waals surface area contributed by atoms with Gasteiger partial charge in [0.25, 0.3) is 0 Å². The van der Waals surface area contributed by atoms with Gasteiger partial charge in [0.05, 0.1) is 23.3 Å². The van der Waals surface area contributed by atoms with Crippen molar-refractivity contribution in [1.82, 2.24) is 24.7 Å². The Morgan fingerprint density at radius 1 is 1.27 bits per heavy atom. The Balaban J connectivity index is 1.35. The number of rotatable bonds is 3. The third-order valence-electron chi connectivity index (χ3n) is 5.40. The smallest absolute Gasteiger partial charge is 0.381 e. The molecule has 3 aromatic rings. The molecule has 0 amide bonds. The molecule has 1 aromatic carbocycles. The predicted octanol–water partition coefficient (Wildman–Crippen LogP) is 1.73. The number of para-hydroxylation sites is 1. The standard InChI is InChI=1S/C19H20N8O3/c1-25-11-12(20-19(29)26-15-8-4-2-6-13(15)21-23-26)10-17(25)18(28)30-27-16-9-5-3-7-14(16)22-24-27/h2,4,6,8,10-11,14,16H,3,5,7,9H2,1H3,(H,20,29)/p-1. The monoisotopic (exact) mass is 407 g/mol. The van der Waals surface area contributed by atoms with E-state index in [1.165, 1.54) is 11.2 Å². The Morgan fingerprint density at radius 3 is 3.00 bits per heavy atom. The zero-order valence-electron chi connectivity index (χ0n) is 16.2. The number of fused-ring (bicyclic) bond motifs is 2. The summed E-state index contributed by atoms with van der Waals surface area (Å²) in [5.41, 5.74) is 1.72. The van der Waals surface area contributed by atoms with Crippen LogP contribution in [0, 0.1) is 0 Å². The summed E-state index contributed by atoms with van der Waals surface area (Å²) in [6.07, 6.45) is 5.59. The van der Waals surface area contributed by atoms with Gasteiger partial charge < -0.3 is 14.5 Å². The molecule has 30 heavy (non-hydrogen) atoms. The molecule has 0 N–H and O–H groups in total. The number of aryl methyl sites for hydroxylation is 1. The van der Waals surface area contributed by atoms with Crippen LogP contribution in [-0.4, -0.2) is 48.8 Å². The average Bonchev–Trinajstić information content (AvgIpc) is 3.45. The number of aliphatic imine (C=N–C) groups is 1. The minimum Gasteiger partial charge on any atom is -0.844 e. The van der Waals surface area contributed by atoms with Gasteiger partial charge in [-0.2, -0.15) is 5.11 Å². The number of hydroxylamine groups is 1. The Hall–Kier alpha value is -3.76. The highest BCUT2D eigenvalue weighted by Crippen LogP contribution is 2.31. The molecule has 2 aliphatic rings. The summed E-state index contributed by atoms with van der Waals surface area (Å²) in [7, 11) is 1.68. The lowest BCUT2D eigenvalue weighted by Crippen LogP contribution is -2.38. The van der Waals surface area contributed by atoms with E-state index in [-0.39, 0.29) is 17.8 Å². The maximum atomic E-state index is 12.7. The van der Waals surface area contributed by atoms with Crippen molar-refractivity contribution >= 4 is 28.7 Å². The highest BCUT2D eigenvalue weighted by Gasteiger charge is 2.37. The number of carbonyl (C=O) groups excluding carboxylic acids is 1. The van der Waals surface area contributed by atoms with Crippen LogP contribution < -0.4 is 5.11 Å². The van der Waals surface area contributed by atoms with Crippen LogP contribution >= 0.6 is 0 Å². The van der Waals surface area contributed by atoms with Gasteiger partial charge in [-0.05, 0) is 36.3 Å². The normalized spacial score (nSPS) is 21.2. The molecule has 1 aliphatic carbocycles. The van der Waals surface area contributed by atoms with Crippen LogP contribution in [0.1, 0.15) is 36.2 Å². The number of carbonyl (C=O) groups is 1. The Bertz CT molecular complexity index is 1160. The molecule has 11 heteroatoms. The third kappa shape index (κ3) is 3.17. The molecular weight excluding hydrogens is 388 g/mol. The van der Waals surface area contributed by atoms with Crippen LogP contribution in [0.3, 0.4) is 0 Å². The van der Waals surface area contributed by atoms with Crippen LogP contribution in [0.2, 0.25) is 0 Å². The van der Waals surface area contributed by atoms with Crippen molar-refractivity contribution in [2.75, 3.05) is 0 Å². The average molecular weight is 407 g/mol. The molecule has 2 aromatic heterocycles. The summed E-state index contributed by atoms with van der Waals surface area (Å²) in [5.74, 6) is -0.581. The number of hydrogen-bond acceptors (Lipinski definition) is 9. The minimum absolute atomic E-state index is 0.00528. The van der Waals surface area contributed by atoms with Crippen molar-refractivity contribution in [2.24, 2.45) is 22.4 Å². The maximum absolute atomic E-state index is 12.7. The zero-order chi connectivity index (χ0) is 20.7. The van der Waals surface area contributed by atoms with E-state index < -0.39 is 12.0 Å². The largest absolute Gasteiger partial charge is 0.844 e. The van der Waals surface area contributed by atoms with Gasteiger partial charge in [0.1, 0.15) is 17.3 Å². The zero-order valence-corrected chi connectivity index (χ0v) is 16.2. The minimum atomic E-state index is -0.604. The fourth-order valence-corrected chi connectivity index (χ4v) is 3.86. The Morgan fingerprint density at radius 2 is 2.10 bits per heavy atom. The quantitative estimate of drug-likeness (QED) is 0.481. The van der Waals surface area contributed by atoms with E-state index in [1.54, 1.807) is 36.0 Å². The van der Waals surface area contributed by atoms with Crippen LogP contribution in [-0.2, 0) is 11.9 Å². The fraction of sp³-hybridized carbons (Fsp3) is 0.368. The molecule has 1 saturated carbocycles. The molecule has 5 rings (SSSR count). The highest BCUT2D eigenvalue weighted by atomic mass is 16.7. The van der Waals surface area contributed by atoms with Crippen LogP contribution in [0.15, 0.2) is 51.9 Å². The molecule has 2 atom stereocenters. The lowest BCUT2D eigenvalue weighted by molar-refractivity contribution is -0.221. The molecular formula is C19H19N8O3-. The van der Waals surface area contributed by atoms with Gasteiger partial charge in [-0.1, -0.05) is 35.4 Å². The van der Waals surface area contributed by atoms with Crippen LogP contribution in [0.25, 0.3) is 11.0 Å². The first-order valence-corrected chi connectivity index (χ1v) is 9.75. The second kappa shape index (κ2) is 7.25. The molecule has 3 heterocycles. The number of benzene rings is 1. The van der Waals surface area contributed by atoms with Crippen molar-refractivity contribution in [3.05, 3.63) is 42.2 Å². The SMILES string of the molecule is Cn1cc(N=C([O-])n2nnc3ccccc32)cc1C(=O)ON1N=NC2CCCCC21. The number of hydrogen-bond donors (Lipinski definition) is 0. The fourth-order valence-electron chi connectivity index (χ4n) is 3.86. The molecule has 0 radical (unpaired) electrons. The first-order valence-electron chi connectivity index (χ1n) is 9.75. The summed E-state index contributed by atoms with van der Waals surface area (Å²) in [4.78, 5) is 22.2.